The van der Waals surface area contributed by atoms with Gasteiger partial charge in [-0.2, -0.15) is 0 Å². The number of imidazole rings is 1. The fraction of sp³-hybridized carbons (Fsp3) is 0.0833. The highest BCUT2D eigenvalue weighted by atomic mass is 35.5. The van der Waals surface area contributed by atoms with Crippen LogP contribution in [0.2, 0.25) is 5.02 Å². The number of nitrogen functional groups attached to an aromatic ring is 1. The molecule has 0 radical (unpaired) electrons. The molecule has 0 amide bonds. The molecule has 10 heteroatoms. The van der Waals surface area contributed by atoms with Crippen molar-refractivity contribution in [1.82, 2.24) is 14.2 Å². The number of nitrogens with two attached hydrogens (primary N) is 1. The molecule has 3 N–H and O–H groups in total. The third kappa shape index (κ3) is 4.79. The van der Waals surface area contributed by atoms with Gasteiger partial charge in [0, 0.05) is 29.1 Å². The lowest BCUT2D eigenvalue weighted by molar-refractivity contribution is 0.413. The van der Waals surface area contributed by atoms with E-state index in [1.165, 1.54) is 18.2 Å². The minimum Gasteiger partial charge on any atom is -0.494 e. The largest absolute Gasteiger partial charge is 0.494 e. The monoisotopic (exact) mass is 482 g/mol. The number of hydrogen-bond acceptors (Lipinski definition) is 5. The molecule has 4 rings (SSSR count). The van der Waals surface area contributed by atoms with Crippen LogP contribution in [0.4, 0.5) is 14.5 Å². The van der Waals surface area contributed by atoms with E-state index in [-0.39, 0.29) is 21.9 Å². The van der Waals surface area contributed by atoms with Crippen LogP contribution in [-0.4, -0.2) is 21.3 Å². The second kappa shape index (κ2) is 9.40. The van der Waals surface area contributed by atoms with Gasteiger partial charge in [-0.3, -0.25) is 0 Å². The van der Waals surface area contributed by atoms with Crippen molar-refractivity contribution in [2.45, 2.75) is 6.92 Å². The molecular weight excluding hydrogens is 462 g/mol. The van der Waals surface area contributed by atoms with Crippen molar-refractivity contribution in [2.24, 2.45) is 4.99 Å². The van der Waals surface area contributed by atoms with Crippen LogP contribution < -0.4 is 21.4 Å². The maximum Gasteiger partial charge on any atom is 0.161 e. The summed E-state index contributed by atoms with van der Waals surface area (Å²) < 4.78 is 36.0. The van der Waals surface area contributed by atoms with E-state index in [1.807, 2.05) is 29.8 Å². The Labute approximate surface area is 199 Å². The first-order chi connectivity index (χ1) is 16.2. The van der Waals surface area contributed by atoms with E-state index in [9.17, 15) is 8.78 Å². The molecule has 0 atom stereocenters. The maximum atomic E-state index is 14.1. The van der Waals surface area contributed by atoms with E-state index in [2.05, 4.69) is 21.9 Å². The number of rotatable bonds is 6. The molecule has 0 fully saturated rings. The summed E-state index contributed by atoms with van der Waals surface area (Å²) in [5, 5.41) is 3.16. The average molecular weight is 483 g/mol. The first kappa shape index (κ1) is 23.1. The molecule has 0 bridgehead atoms. The predicted molar refractivity (Wildman–Crippen MR) is 128 cm³/mol. The summed E-state index contributed by atoms with van der Waals surface area (Å²) in [6.45, 7) is 5.83. The van der Waals surface area contributed by atoms with Crippen molar-refractivity contribution < 1.29 is 13.5 Å². The standard InChI is InChI=1S/C24H21ClF2N6O/c1-14-11-32(13-29-14)22-7-5-18(10-23(22)34-3)30-15(2)31-24-20(8-17(27)12-33(24)28)19-6-4-16(26)9-21(19)25/h4-13,30H,2,28H2,1,3H3/b31-24-. The van der Waals surface area contributed by atoms with Crippen molar-refractivity contribution in [2.75, 3.05) is 18.3 Å². The molecule has 2 heterocycles. The molecule has 2 aromatic carbocycles. The second-order valence-electron chi connectivity index (χ2n) is 7.42. The van der Waals surface area contributed by atoms with Gasteiger partial charge in [0.2, 0.25) is 0 Å². The number of aryl methyl sites for hydroxylation is 1. The molecule has 174 valence electrons. The summed E-state index contributed by atoms with van der Waals surface area (Å²) >= 11 is 6.19. The van der Waals surface area contributed by atoms with Crippen LogP contribution in [0.5, 0.6) is 5.75 Å². The summed E-state index contributed by atoms with van der Waals surface area (Å²) in [7, 11) is 1.57. The predicted octanol–water partition coefficient (Wildman–Crippen LogP) is 4.79. The number of ether oxygens (including phenoxy) is 1. The van der Waals surface area contributed by atoms with Gasteiger partial charge in [-0.15, -0.1) is 0 Å². The summed E-state index contributed by atoms with van der Waals surface area (Å²) in [4.78, 5) is 8.67. The Balaban J connectivity index is 1.70. The Bertz CT molecular complexity index is 1460. The van der Waals surface area contributed by atoms with Gasteiger partial charge < -0.3 is 20.5 Å². The van der Waals surface area contributed by atoms with Gasteiger partial charge in [-0.1, -0.05) is 18.2 Å². The highest BCUT2D eigenvalue weighted by Crippen LogP contribution is 2.28. The number of halogens is 3. The fourth-order valence-corrected chi connectivity index (χ4v) is 3.71. The van der Waals surface area contributed by atoms with Crippen molar-refractivity contribution in [1.29, 1.82) is 0 Å². The molecule has 0 saturated heterocycles. The molecule has 0 aliphatic rings. The van der Waals surface area contributed by atoms with Crippen LogP contribution in [0.25, 0.3) is 16.8 Å². The van der Waals surface area contributed by atoms with Crippen LogP contribution in [0.1, 0.15) is 5.69 Å². The van der Waals surface area contributed by atoms with Crippen LogP contribution in [-0.2, 0) is 0 Å². The van der Waals surface area contributed by atoms with E-state index in [0.717, 1.165) is 28.3 Å². The molecule has 0 unspecified atom stereocenters. The van der Waals surface area contributed by atoms with Gasteiger partial charge in [0.1, 0.15) is 23.2 Å². The Morgan fingerprint density at radius 2 is 1.91 bits per heavy atom. The van der Waals surface area contributed by atoms with E-state index in [1.54, 1.807) is 19.5 Å². The molecule has 0 saturated carbocycles. The molecule has 0 spiro atoms. The smallest absolute Gasteiger partial charge is 0.161 e. The number of nitrogens with one attached hydrogen (secondary N) is 1. The summed E-state index contributed by atoms with van der Waals surface area (Å²) in [6, 6.07) is 10.5. The summed E-state index contributed by atoms with van der Waals surface area (Å²) in [6.07, 6.45) is 4.65. The molecule has 0 aliphatic heterocycles. The number of hydrogen-bond donors (Lipinski definition) is 2. The van der Waals surface area contributed by atoms with E-state index >= 15 is 0 Å². The van der Waals surface area contributed by atoms with Gasteiger partial charge in [0.05, 0.1) is 36.0 Å². The Hall–Kier alpha value is -4.11. The lowest BCUT2D eigenvalue weighted by atomic mass is 10.1. The van der Waals surface area contributed by atoms with Crippen molar-refractivity contribution >= 4 is 17.3 Å². The van der Waals surface area contributed by atoms with Crippen molar-refractivity contribution in [3.8, 4) is 22.6 Å². The third-order valence-corrected chi connectivity index (χ3v) is 5.26. The minimum atomic E-state index is -0.606. The van der Waals surface area contributed by atoms with Gasteiger partial charge in [0.25, 0.3) is 0 Å². The zero-order valence-electron chi connectivity index (χ0n) is 18.4. The lowest BCUT2D eigenvalue weighted by Crippen LogP contribution is -2.30. The fourth-order valence-electron chi connectivity index (χ4n) is 3.44. The number of methoxy groups -OCH3 is 1. The molecule has 2 aromatic heterocycles. The molecule has 0 aliphatic carbocycles. The molecule has 34 heavy (non-hydrogen) atoms. The van der Waals surface area contributed by atoms with Crippen molar-refractivity contribution in [3.05, 3.63) is 101 Å². The summed E-state index contributed by atoms with van der Waals surface area (Å²) in [5.74, 6) is 5.68. The van der Waals surface area contributed by atoms with Gasteiger partial charge in [-0.05, 0) is 43.3 Å². The first-order valence-corrected chi connectivity index (χ1v) is 10.5. The molecule has 4 aromatic rings. The van der Waals surface area contributed by atoms with Crippen molar-refractivity contribution in [3.63, 3.8) is 0 Å². The van der Waals surface area contributed by atoms with Crippen LogP contribution >= 0.6 is 11.6 Å². The SMILES string of the molecule is C=C(/N=c1/c(-c2ccc(F)cc2Cl)cc(F)cn1N)Nc1ccc(-n2cnc(C)c2)c(OC)c1. The van der Waals surface area contributed by atoms with E-state index in [4.69, 9.17) is 22.2 Å². The summed E-state index contributed by atoms with van der Waals surface area (Å²) in [5.41, 5.74) is 3.16. The Morgan fingerprint density at radius 3 is 2.59 bits per heavy atom. The van der Waals surface area contributed by atoms with Gasteiger partial charge in [0.15, 0.2) is 5.49 Å². The zero-order valence-corrected chi connectivity index (χ0v) is 19.1. The number of aromatic nitrogens is 3. The highest BCUT2D eigenvalue weighted by Gasteiger charge is 2.12. The second-order valence-corrected chi connectivity index (χ2v) is 7.83. The minimum absolute atomic E-state index is 0.0932. The van der Waals surface area contributed by atoms with Crippen LogP contribution in [0, 0.1) is 18.6 Å². The molecule has 7 nitrogen and oxygen atoms in total. The zero-order chi connectivity index (χ0) is 24.4. The number of nitrogens with zero attached hydrogens (tertiary/aromatic N) is 4. The number of benzene rings is 2. The Kier molecular flexibility index (Phi) is 6.38. The van der Waals surface area contributed by atoms with Gasteiger partial charge >= 0.3 is 0 Å². The van der Waals surface area contributed by atoms with Gasteiger partial charge in [-0.25, -0.2) is 23.4 Å². The normalized spacial score (nSPS) is 11.5. The van der Waals surface area contributed by atoms with E-state index < -0.39 is 11.6 Å². The van der Waals surface area contributed by atoms with Crippen LogP contribution in [0.15, 0.2) is 78.6 Å². The topological polar surface area (TPSA) is 82.4 Å². The Morgan fingerprint density at radius 1 is 1.12 bits per heavy atom. The number of pyridine rings is 1. The first-order valence-electron chi connectivity index (χ1n) is 10.1. The third-order valence-electron chi connectivity index (χ3n) is 4.95. The molecular formula is C24H21ClF2N6O. The van der Waals surface area contributed by atoms with E-state index in [0.29, 0.717) is 17.0 Å². The average Bonchev–Trinajstić information content (AvgIpc) is 3.21. The van der Waals surface area contributed by atoms with Crippen LogP contribution in [0.3, 0.4) is 0 Å². The quantitative estimate of drug-likeness (QED) is 0.387. The highest BCUT2D eigenvalue weighted by molar-refractivity contribution is 6.33. The lowest BCUT2D eigenvalue weighted by Gasteiger charge is -2.13. The number of anilines is 1. The maximum absolute atomic E-state index is 14.1.